The van der Waals surface area contributed by atoms with Crippen molar-refractivity contribution in [1.82, 2.24) is 0 Å². The number of hydrogen-bond acceptors (Lipinski definition) is 0. The van der Waals surface area contributed by atoms with Gasteiger partial charge >= 0.3 is 46.1 Å². The van der Waals surface area contributed by atoms with Crippen LogP contribution in [0.2, 0.25) is 0 Å². The summed E-state index contributed by atoms with van der Waals surface area (Å²) < 4.78 is 11.9. The molecule has 2 rings (SSSR count). The zero-order valence-corrected chi connectivity index (χ0v) is 16.7. The van der Waals surface area contributed by atoms with Gasteiger partial charge in [-0.2, -0.15) is 24.6 Å². The minimum atomic E-state index is -0.209. The summed E-state index contributed by atoms with van der Waals surface area (Å²) in [5.74, 6) is -0.209. The Bertz CT molecular complexity index is 372. The summed E-state index contributed by atoms with van der Waals surface area (Å²) >= 11 is 0. The van der Waals surface area contributed by atoms with Gasteiger partial charge < -0.3 is 40.9 Å². The fourth-order valence-corrected chi connectivity index (χ4v) is 1.01. The minimum absolute atomic E-state index is 0. The van der Waals surface area contributed by atoms with Crippen molar-refractivity contribution in [1.29, 1.82) is 0 Å². The summed E-state index contributed by atoms with van der Waals surface area (Å²) in [7, 11) is 0. The van der Waals surface area contributed by atoms with Gasteiger partial charge in [0.25, 0.3) is 0 Å². The Morgan fingerprint density at radius 2 is 1.37 bits per heavy atom. The van der Waals surface area contributed by atoms with Crippen LogP contribution in [0.5, 0.6) is 0 Å². The van der Waals surface area contributed by atoms with Gasteiger partial charge in [0.05, 0.1) is 0 Å². The van der Waals surface area contributed by atoms with E-state index in [-0.39, 0.29) is 85.9 Å². The van der Waals surface area contributed by atoms with E-state index in [0.717, 1.165) is 6.42 Å². The van der Waals surface area contributed by atoms with Gasteiger partial charge in [-0.3, -0.25) is 0 Å². The van der Waals surface area contributed by atoms with E-state index in [1.54, 1.807) is 0 Å². The predicted octanol–water partition coefficient (Wildman–Crippen LogP) is -3.06. The Morgan fingerprint density at radius 3 is 1.63 bits per heavy atom. The first-order chi connectivity index (χ1) is 7.33. The average molecular weight is 409 g/mol. The molecular formula is C14H13Br2FMg2. The van der Waals surface area contributed by atoms with Crippen LogP contribution in [-0.4, -0.2) is 46.1 Å². The smallest absolute Gasteiger partial charge is 1.00 e. The number of halogens is 3. The van der Waals surface area contributed by atoms with Gasteiger partial charge in [0.1, 0.15) is 0 Å². The fourth-order valence-electron chi connectivity index (χ4n) is 1.01. The van der Waals surface area contributed by atoms with E-state index in [0.29, 0.717) is 0 Å². The second-order valence-electron chi connectivity index (χ2n) is 2.95. The maximum Gasteiger partial charge on any atom is 2.00 e. The molecule has 0 N–H and O–H groups in total. The van der Waals surface area contributed by atoms with Crippen molar-refractivity contribution in [2.75, 3.05) is 0 Å². The van der Waals surface area contributed by atoms with E-state index in [1.165, 1.54) is 29.8 Å². The molecule has 19 heavy (non-hydrogen) atoms. The van der Waals surface area contributed by atoms with Crippen LogP contribution in [0.1, 0.15) is 5.56 Å². The topological polar surface area (TPSA) is 0 Å². The van der Waals surface area contributed by atoms with Crippen molar-refractivity contribution >= 4 is 46.1 Å². The zero-order chi connectivity index (χ0) is 10.9. The van der Waals surface area contributed by atoms with Crippen LogP contribution in [-0.2, 0) is 6.42 Å². The quantitative estimate of drug-likeness (QED) is 0.347. The second-order valence-corrected chi connectivity index (χ2v) is 2.95. The van der Waals surface area contributed by atoms with Crippen molar-refractivity contribution in [3.05, 3.63) is 79.0 Å². The molecule has 0 unspecified atom stereocenters. The molecule has 0 aromatic heterocycles. The van der Waals surface area contributed by atoms with E-state index in [1.807, 2.05) is 18.2 Å². The number of benzene rings is 2. The first-order valence-electron chi connectivity index (χ1n) is 4.77. The van der Waals surface area contributed by atoms with Crippen molar-refractivity contribution in [2.45, 2.75) is 6.42 Å². The van der Waals surface area contributed by atoms with E-state index < -0.39 is 0 Å². The standard InChI is InChI=1S/C8H9.C6H4F.2BrH.2Mg/c1-2-8-6-4-3-5-7-8;7-6-4-2-1-3-5-6;;;;/h3-7H,1-2H2;2-5H;2*1H;;/q2*-1;;;2*+2/p-2. The average Bonchev–Trinajstić information content (AvgIpc) is 2.32. The summed E-state index contributed by atoms with van der Waals surface area (Å²) in [6.45, 7) is 3.76. The molecule has 0 aliphatic rings. The van der Waals surface area contributed by atoms with Crippen LogP contribution in [0.25, 0.3) is 0 Å². The maximum atomic E-state index is 11.9. The third-order valence-corrected chi connectivity index (χ3v) is 1.81. The second kappa shape index (κ2) is 18.9. The Morgan fingerprint density at radius 1 is 0.895 bits per heavy atom. The Labute approximate surface area is 168 Å². The third kappa shape index (κ3) is 15.1. The molecule has 0 fully saturated rings. The maximum absolute atomic E-state index is 11.9. The number of rotatable bonds is 1. The molecule has 0 amide bonds. The van der Waals surface area contributed by atoms with Gasteiger partial charge in [-0.15, -0.1) is 12.1 Å². The van der Waals surface area contributed by atoms with Gasteiger partial charge in [0, 0.05) is 5.82 Å². The summed E-state index contributed by atoms with van der Waals surface area (Å²) in [6, 6.07) is 18.7. The van der Waals surface area contributed by atoms with Crippen LogP contribution in [0.15, 0.2) is 54.6 Å². The normalized spacial score (nSPS) is 7.05. The minimum Gasteiger partial charge on any atom is -1.00 e. The molecule has 0 heterocycles. The molecule has 0 saturated heterocycles. The third-order valence-electron chi connectivity index (χ3n) is 1.81. The largest absolute Gasteiger partial charge is 2.00 e. The summed E-state index contributed by atoms with van der Waals surface area (Å²) in [5.41, 5.74) is 1.30. The monoisotopic (exact) mass is 406 g/mol. The van der Waals surface area contributed by atoms with Crippen molar-refractivity contribution in [3.8, 4) is 0 Å². The van der Waals surface area contributed by atoms with Gasteiger partial charge in [0.15, 0.2) is 0 Å². The van der Waals surface area contributed by atoms with Crippen LogP contribution in [0, 0.1) is 18.8 Å². The van der Waals surface area contributed by atoms with Gasteiger partial charge in [-0.1, -0.05) is 35.9 Å². The molecule has 5 heteroatoms. The van der Waals surface area contributed by atoms with Crippen molar-refractivity contribution in [3.63, 3.8) is 0 Å². The molecule has 0 nitrogen and oxygen atoms in total. The van der Waals surface area contributed by atoms with Crippen LogP contribution < -0.4 is 34.0 Å². The van der Waals surface area contributed by atoms with E-state index in [2.05, 4.69) is 25.1 Å². The summed E-state index contributed by atoms with van der Waals surface area (Å²) in [5, 5.41) is 0. The summed E-state index contributed by atoms with van der Waals surface area (Å²) in [4.78, 5) is 0. The first-order valence-corrected chi connectivity index (χ1v) is 4.77. The van der Waals surface area contributed by atoms with Crippen LogP contribution >= 0.6 is 0 Å². The van der Waals surface area contributed by atoms with E-state index >= 15 is 0 Å². The summed E-state index contributed by atoms with van der Waals surface area (Å²) in [6.07, 6.45) is 0.890. The Hall–Kier alpha value is 0.862. The molecule has 0 radical (unpaired) electrons. The van der Waals surface area contributed by atoms with Gasteiger partial charge in [-0.25, -0.2) is 4.39 Å². The van der Waals surface area contributed by atoms with Gasteiger partial charge in [0.2, 0.25) is 0 Å². The molecule has 0 spiro atoms. The molecule has 0 aliphatic heterocycles. The predicted molar refractivity (Wildman–Crippen MR) is 72.2 cm³/mol. The molecular weight excluding hydrogens is 396 g/mol. The SMILES string of the molecule is Fc1cc[c-]cc1.[Br-].[Br-].[CH2-]Cc1ccccc1.[Mg+2].[Mg+2]. The van der Waals surface area contributed by atoms with Gasteiger partial charge in [-0.05, 0) is 0 Å². The Balaban J connectivity index is -0.0000000983. The molecule has 0 saturated carbocycles. The molecule has 2 aromatic carbocycles. The molecule has 0 bridgehead atoms. The van der Waals surface area contributed by atoms with E-state index in [9.17, 15) is 4.39 Å². The van der Waals surface area contributed by atoms with Crippen LogP contribution in [0.4, 0.5) is 4.39 Å². The fraction of sp³-hybridized carbons (Fsp3) is 0.0714. The molecule has 2 aromatic rings. The number of hydrogen-bond donors (Lipinski definition) is 0. The molecule has 0 atom stereocenters. The molecule has 0 aliphatic carbocycles. The first kappa shape index (κ1) is 28.1. The zero-order valence-electron chi connectivity index (χ0n) is 10.7. The van der Waals surface area contributed by atoms with Crippen molar-refractivity contribution < 1.29 is 38.4 Å². The van der Waals surface area contributed by atoms with Crippen LogP contribution in [0.3, 0.4) is 0 Å². The van der Waals surface area contributed by atoms with E-state index in [4.69, 9.17) is 0 Å². The Kier molecular flexibility index (Phi) is 27.9. The van der Waals surface area contributed by atoms with Crippen molar-refractivity contribution in [2.24, 2.45) is 0 Å². The molecule has 94 valence electrons.